The minimum absolute atomic E-state index is 0.292. The van der Waals surface area contributed by atoms with Gasteiger partial charge in [0.1, 0.15) is 11.0 Å². The largest absolute Gasteiger partial charge is 0.307 e. The molecule has 0 unspecified atom stereocenters. The molecule has 0 fully saturated rings. The smallest absolute Gasteiger partial charge is 0.147 e. The molecular weight excluding hydrogens is 159 g/mol. The number of thiocarbonyl (C=S) groups is 1. The van der Waals surface area contributed by atoms with Crippen molar-refractivity contribution in [1.82, 2.24) is 10.9 Å². The molecule has 0 aromatic heterocycles. The van der Waals surface area contributed by atoms with E-state index < -0.39 is 0 Å². The summed E-state index contributed by atoms with van der Waals surface area (Å²) in [7, 11) is 0. The van der Waals surface area contributed by atoms with Crippen molar-refractivity contribution in [2.24, 2.45) is 0 Å². The fourth-order valence-corrected chi connectivity index (χ4v) is 0.479. The summed E-state index contributed by atoms with van der Waals surface area (Å²) >= 11 is 6.15. The molecule has 0 aliphatic carbocycles. The molecule has 0 atom stereocenters. The van der Waals surface area contributed by atoms with Crippen molar-refractivity contribution in [3.05, 3.63) is 0 Å². The minimum atomic E-state index is -0.385. The summed E-state index contributed by atoms with van der Waals surface area (Å²) in [5, 5.41) is 0. The quantitative estimate of drug-likeness (QED) is 0.368. The first-order valence-corrected chi connectivity index (χ1v) is 4.07. The number of alkyl halides is 1. The first-order chi connectivity index (χ1) is 4.31. The molecule has 0 heterocycles. The monoisotopic (exact) mass is 168 g/mol. The summed E-state index contributed by atoms with van der Waals surface area (Å²) in [6, 6.07) is 0. The summed E-state index contributed by atoms with van der Waals surface area (Å²) in [5.41, 5.74) is 5.24. The molecule has 0 spiro atoms. The van der Waals surface area contributed by atoms with Crippen LogP contribution < -0.4 is 10.9 Å². The molecule has 0 amide bonds. The van der Waals surface area contributed by atoms with Gasteiger partial charge in [0.05, 0.1) is 0 Å². The van der Waals surface area contributed by atoms with E-state index in [0.29, 0.717) is 10.9 Å². The average Bonchev–Trinajstić information content (AvgIpc) is 1.89. The van der Waals surface area contributed by atoms with Crippen LogP contribution in [0.25, 0.3) is 0 Å². The molecule has 2 nitrogen and oxygen atoms in total. The van der Waals surface area contributed by atoms with Gasteiger partial charge in [0.2, 0.25) is 0 Å². The van der Waals surface area contributed by atoms with Gasteiger partial charge in [-0.1, -0.05) is 24.0 Å². The molecule has 5 heteroatoms. The number of thioether (sulfide) groups is 1. The van der Waals surface area contributed by atoms with Crippen LogP contribution in [0.2, 0.25) is 0 Å². The summed E-state index contributed by atoms with van der Waals surface area (Å²) in [6.07, 6.45) is 1.85. The second-order valence-electron chi connectivity index (χ2n) is 1.23. The molecular formula is C4H9FN2S2. The Hall–Kier alpha value is 0.130. The van der Waals surface area contributed by atoms with Gasteiger partial charge in [-0.3, -0.25) is 0 Å². The highest BCUT2D eigenvalue weighted by Crippen LogP contribution is 1.90. The lowest BCUT2D eigenvalue weighted by atomic mass is 10.8. The van der Waals surface area contributed by atoms with E-state index in [9.17, 15) is 4.39 Å². The predicted molar refractivity (Wildman–Crippen MR) is 43.2 cm³/mol. The predicted octanol–water partition coefficient (Wildman–Crippen LogP) is 0.698. The Morgan fingerprint density at radius 2 is 2.44 bits per heavy atom. The van der Waals surface area contributed by atoms with E-state index in [0.717, 1.165) is 0 Å². The van der Waals surface area contributed by atoms with E-state index in [1.54, 1.807) is 0 Å². The normalized spacial score (nSPS) is 9.11. The summed E-state index contributed by atoms with van der Waals surface area (Å²) < 4.78 is 12.0. The van der Waals surface area contributed by atoms with Gasteiger partial charge < -0.3 is 5.43 Å². The van der Waals surface area contributed by atoms with Crippen LogP contribution in [0.1, 0.15) is 0 Å². The Morgan fingerprint density at radius 3 is 2.89 bits per heavy atom. The second kappa shape index (κ2) is 6.25. The Kier molecular flexibility index (Phi) is 6.34. The van der Waals surface area contributed by atoms with Gasteiger partial charge in [-0.15, -0.1) is 0 Å². The van der Waals surface area contributed by atoms with Crippen LogP contribution in [-0.4, -0.2) is 23.8 Å². The van der Waals surface area contributed by atoms with Crippen LogP contribution in [0.4, 0.5) is 4.39 Å². The number of nitrogens with one attached hydrogen (secondary N) is 2. The highest BCUT2D eigenvalue weighted by molar-refractivity contribution is 8.22. The maximum atomic E-state index is 11.4. The van der Waals surface area contributed by atoms with Crippen LogP contribution in [0.15, 0.2) is 0 Å². The lowest BCUT2D eigenvalue weighted by molar-refractivity contribution is 0.460. The Labute approximate surface area is 63.6 Å². The SMILES string of the molecule is CSC(=S)NNCCF. The summed E-state index contributed by atoms with van der Waals surface area (Å²) in [4.78, 5) is 0. The molecule has 0 aliphatic rings. The van der Waals surface area contributed by atoms with Crippen molar-refractivity contribution in [3.8, 4) is 0 Å². The molecule has 2 N–H and O–H groups in total. The molecule has 54 valence electrons. The number of hydrazine groups is 1. The average molecular weight is 168 g/mol. The van der Waals surface area contributed by atoms with Gasteiger partial charge in [0.25, 0.3) is 0 Å². The Balaban J connectivity index is 2.97. The van der Waals surface area contributed by atoms with Crippen molar-refractivity contribution >= 4 is 28.3 Å². The van der Waals surface area contributed by atoms with Gasteiger partial charge in [0, 0.05) is 6.54 Å². The van der Waals surface area contributed by atoms with E-state index in [2.05, 4.69) is 10.9 Å². The lowest BCUT2D eigenvalue weighted by Crippen LogP contribution is -2.35. The standard InChI is InChI=1S/C4H9FN2S2/c1-9-4(8)7-6-3-2-5/h6H,2-3H2,1H3,(H,7,8). The zero-order valence-corrected chi connectivity index (χ0v) is 6.74. The highest BCUT2D eigenvalue weighted by Gasteiger charge is 1.87. The number of hydrogen-bond donors (Lipinski definition) is 2. The maximum Gasteiger partial charge on any atom is 0.147 e. The molecule has 0 aromatic rings. The molecule has 0 rings (SSSR count). The van der Waals surface area contributed by atoms with Crippen molar-refractivity contribution in [2.75, 3.05) is 19.5 Å². The molecule has 0 saturated carbocycles. The number of rotatable bonds is 3. The zero-order chi connectivity index (χ0) is 7.11. The van der Waals surface area contributed by atoms with Gasteiger partial charge in [-0.05, 0) is 6.26 Å². The first kappa shape index (κ1) is 9.13. The second-order valence-corrected chi connectivity index (χ2v) is 2.72. The third kappa shape index (κ3) is 6.01. The van der Waals surface area contributed by atoms with Crippen LogP contribution in [0.5, 0.6) is 0 Å². The van der Waals surface area contributed by atoms with E-state index in [-0.39, 0.29) is 6.67 Å². The van der Waals surface area contributed by atoms with E-state index in [1.165, 1.54) is 11.8 Å². The summed E-state index contributed by atoms with van der Waals surface area (Å²) in [6.45, 7) is -0.0926. The van der Waals surface area contributed by atoms with E-state index in [1.807, 2.05) is 6.26 Å². The Bertz CT molecular complexity index is 88.6. The van der Waals surface area contributed by atoms with Gasteiger partial charge in [-0.25, -0.2) is 9.82 Å². The molecule has 9 heavy (non-hydrogen) atoms. The zero-order valence-electron chi connectivity index (χ0n) is 5.11. The first-order valence-electron chi connectivity index (χ1n) is 2.44. The molecule has 0 aliphatic heterocycles. The van der Waals surface area contributed by atoms with Crippen molar-refractivity contribution in [1.29, 1.82) is 0 Å². The number of hydrogen-bond acceptors (Lipinski definition) is 3. The van der Waals surface area contributed by atoms with E-state index >= 15 is 0 Å². The van der Waals surface area contributed by atoms with Gasteiger partial charge in [-0.2, -0.15) is 0 Å². The fraction of sp³-hybridized carbons (Fsp3) is 0.750. The van der Waals surface area contributed by atoms with Crippen molar-refractivity contribution in [3.63, 3.8) is 0 Å². The van der Waals surface area contributed by atoms with Gasteiger partial charge >= 0.3 is 0 Å². The molecule has 0 saturated heterocycles. The minimum Gasteiger partial charge on any atom is -0.307 e. The molecule has 0 bridgehead atoms. The highest BCUT2D eigenvalue weighted by atomic mass is 32.2. The van der Waals surface area contributed by atoms with E-state index in [4.69, 9.17) is 12.2 Å². The van der Waals surface area contributed by atoms with Crippen molar-refractivity contribution < 1.29 is 4.39 Å². The third-order valence-corrected chi connectivity index (χ3v) is 1.67. The molecule has 0 radical (unpaired) electrons. The fourth-order valence-electron chi connectivity index (χ4n) is 0.233. The van der Waals surface area contributed by atoms with Crippen LogP contribution in [0.3, 0.4) is 0 Å². The number of halogens is 1. The molecule has 0 aromatic carbocycles. The van der Waals surface area contributed by atoms with Crippen LogP contribution in [-0.2, 0) is 0 Å². The van der Waals surface area contributed by atoms with Crippen molar-refractivity contribution in [2.45, 2.75) is 0 Å². The lowest BCUT2D eigenvalue weighted by Gasteiger charge is -2.03. The topological polar surface area (TPSA) is 24.1 Å². The Morgan fingerprint density at radius 1 is 1.78 bits per heavy atom. The van der Waals surface area contributed by atoms with Gasteiger partial charge in [0.15, 0.2) is 0 Å². The summed E-state index contributed by atoms with van der Waals surface area (Å²) in [5.74, 6) is 0. The maximum absolute atomic E-state index is 11.4. The third-order valence-electron chi connectivity index (χ3n) is 0.595. The van der Waals surface area contributed by atoms with Crippen LogP contribution >= 0.6 is 24.0 Å². The van der Waals surface area contributed by atoms with Crippen LogP contribution in [0, 0.1) is 0 Å².